The van der Waals surface area contributed by atoms with Crippen molar-refractivity contribution in [3.63, 3.8) is 0 Å². The highest BCUT2D eigenvalue weighted by atomic mass is 35.5. The predicted molar refractivity (Wildman–Crippen MR) is 90.3 cm³/mol. The Morgan fingerprint density at radius 3 is 2.57 bits per heavy atom. The average Bonchev–Trinajstić information content (AvgIpc) is 3.06. The van der Waals surface area contributed by atoms with Crippen LogP contribution in [0, 0.1) is 0 Å². The molecule has 2 heterocycles. The highest BCUT2D eigenvalue weighted by Gasteiger charge is 2.24. The van der Waals surface area contributed by atoms with E-state index in [1.807, 2.05) is 0 Å². The van der Waals surface area contributed by atoms with Gasteiger partial charge >= 0.3 is 5.63 Å². The van der Waals surface area contributed by atoms with Gasteiger partial charge in [-0.2, -0.15) is 0 Å². The monoisotopic (exact) mass is 333 g/mol. The number of benzene rings is 1. The maximum atomic E-state index is 12.4. The van der Waals surface area contributed by atoms with Gasteiger partial charge in [-0.15, -0.1) is 0 Å². The van der Waals surface area contributed by atoms with E-state index in [-0.39, 0.29) is 11.4 Å². The molecule has 4 rings (SSSR count). The van der Waals surface area contributed by atoms with E-state index in [0.717, 1.165) is 55.3 Å². The number of nitrogens with zero attached hydrogens (tertiary/aromatic N) is 1. The zero-order valence-corrected chi connectivity index (χ0v) is 13.8. The third-order valence-electron chi connectivity index (χ3n) is 5.12. The van der Waals surface area contributed by atoms with Crippen LogP contribution in [-0.4, -0.2) is 23.1 Å². The van der Waals surface area contributed by atoms with Crippen LogP contribution < -0.4 is 5.63 Å². The molecule has 1 aliphatic carbocycles. The second kappa shape index (κ2) is 5.84. The normalized spacial score (nSPS) is 18.5. The Balaban J connectivity index is 1.95. The second-order valence-electron chi connectivity index (χ2n) is 6.60. The molecule has 2 aromatic rings. The van der Waals surface area contributed by atoms with Gasteiger partial charge in [0.2, 0.25) is 0 Å². The summed E-state index contributed by atoms with van der Waals surface area (Å²) >= 11 is 6.27. The van der Waals surface area contributed by atoms with E-state index in [9.17, 15) is 9.90 Å². The molecule has 4 nitrogen and oxygen atoms in total. The quantitative estimate of drug-likeness (QED) is 0.853. The Kier molecular flexibility index (Phi) is 3.82. The van der Waals surface area contributed by atoms with Gasteiger partial charge in [-0.25, -0.2) is 4.79 Å². The van der Waals surface area contributed by atoms with E-state index in [1.165, 1.54) is 12.8 Å². The van der Waals surface area contributed by atoms with Gasteiger partial charge in [0, 0.05) is 17.5 Å². The van der Waals surface area contributed by atoms with Crippen LogP contribution in [0.15, 0.2) is 15.3 Å². The zero-order chi connectivity index (χ0) is 16.0. The number of fused-ring (bicyclic) bond motifs is 3. The van der Waals surface area contributed by atoms with Crippen LogP contribution >= 0.6 is 11.6 Å². The van der Waals surface area contributed by atoms with Gasteiger partial charge < -0.3 is 9.52 Å². The molecule has 0 bridgehead atoms. The van der Waals surface area contributed by atoms with E-state index in [0.29, 0.717) is 22.7 Å². The maximum absolute atomic E-state index is 12.4. The number of phenols is 1. The lowest BCUT2D eigenvalue weighted by Crippen LogP contribution is -2.20. The van der Waals surface area contributed by atoms with Crippen molar-refractivity contribution in [2.24, 2.45) is 0 Å². The van der Waals surface area contributed by atoms with Gasteiger partial charge in [0.15, 0.2) is 0 Å². The lowest BCUT2D eigenvalue weighted by Gasteiger charge is -2.20. The van der Waals surface area contributed by atoms with Crippen molar-refractivity contribution in [2.45, 2.75) is 45.1 Å². The summed E-state index contributed by atoms with van der Waals surface area (Å²) in [5.74, 6) is 0.0463. The van der Waals surface area contributed by atoms with Crippen LogP contribution in [0.1, 0.15) is 42.4 Å². The Morgan fingerprint density at radius 1 is 1.13 bits per heavy atom. The molecule has 1 saturated heterocycles. The second-order valence-corrected chi connectivity index (χ2v) is 7.01. The van der Waals surface area contributed by atoms with Gasteiger partial charge in [0.1, 0.15) is 11.3 Å². The first-order valence-corrected chi connectivity index (χ1v) is 8.74. The molecule has 1 N–H and O–H groups in total. The first kappa shape index (κ1) is 15.0. The smallest absolute Gasteiger partial charge is 0.339 e. The van der Waals surface area contributed by atoms with E-state index in [4.69, 9.17) is 16.0 Å². The Labute approximate surface area is 139 Å². The van der Waals surface area contributed by atoms with Crippen molar-refractivity contribution in [1.29, 1.82) is 0 Å². The van der Waals surface area contributed by atoms with E-state index in [1.54, 1.807) is 6.07 Å². The van der Waals surface area contributed by atoms with Gasteiger partial charge in [-0.1, -0.05) is 11.6 Å². The number of aromatic hydroxyl groups is 1. The molecule has 2 aliphatic rings. The minimum atomic E-state index is -0.253. The van der Waals surface area contributed by atoms with Crippen molar-refractivity contribution in [2.75, 3.05) is 13.1 Å². The molecule has 5 heteroatoms. The highest BCUT2D eigenvalue weighted by Crippen LogP contribution is 2.38. The van der Waals surface area contributed by atoms with Crippen LogP contribution in [0.2, 0.25) is 5.02 Å². The van der Waals surface area contributed by atoms with E-state index < -0.39 is 0 Å². The third-order valence-corrected chi connectivity index (χ3v) is 5.40. The minimum absolute atomic E-state index is 0.0463. The number of rotatable bonds is 2. The molecule has 23 heavy (non-hydrogen) atoms. The molecule has 1 fully saturated rings. The molecule has 1 aliphatic heterocycles. The molecule has 0 amide bonds. The number of halogens is 1. The molecule has 1 aromatic carbocycles. The van der Waals surface area contributed by atoms with E-state index in [2.05, 4.69) is 4.90 Å². The van der Waals surface area contributed by atoms with Gasteiger partial charge in [0.05, 0.1) is 10.6 Å². The third kappa shape index (κ3) is 2.54. The van der Waals surface area contributed by atoms with Crippen molar-refractivity contribution in [3.8, 4) is 5.75 Å². The summed E-state index contributed by atoms with van der Waals surface area (Å²) in [4.78, 5) is 14.6. The molecule has 1 aromatic heterocycles. The van der Waals surface area contributed by atoms with Gasteiger partial charge in [-0.3, -0.25) is 4.90 Å². The molecule has 0 radical (unpaired) electrons. The number of aryl methyl sites for hydroxylation is 1. The van der Waals surface area contributed by atoms with Crippen molar-refractivity contribution in [1.82, 2.24) is 4.90 Å². The number of hydrogen-bond acceptors (Lipinski definition) is 4. The topological polar surface area (TPSA) is 53.7 Å². The highest BCUT2D eigenvalue weighted by molar-refractivity contribution is 6.33. The Morgan fingerprint density at radius 2 is 1.83 bits per heavy atom. The summed E-state index contributed by atoms with van der Waals surface area (Å²) in [6.45, 7) is 2.58. The average molecular weight is 334 g/mol. The summed E-state index contributed by atoms with van der Waals surface area (Å²) in [6, 6.07) is 1.76. The maximum Gasteiger partial charge on any atom is 0.339 e. The predicted octanol–water partition coefficient (Wildman–Crippen LogP) is 3.63. The minimum Gasteiger partial charge on any atom is -0.506 e. The fourth-order valence-corrected chi connectivity index (χ4v) is 4.13. The first-order valence-electron chi connectivity index (χ1n) is 8.36. The molecular weight excluding hydrogens is 314 g/mol. The van der Waals surface area contributed by atoms with Crippen molar-refractivity contribution < 1.29 is 9.52 Å². The fourth-order valence-electron chi connectivity index (χ4n) is 3.91. The lowest BCUT2D eigenvalue weighted by atomic mass is 9.90. The fraction of sp³-hybridized carbons (Fsp3) is 0.500. The van der Waals surface area contributed by atoms with Crippen LogP contribution in [0.5, 0.6) is 5.75 Å². The number of hydrogen-bond donors (Lipinski definition) is 1. The standard InChI is InChI=1S/C18H20ClNO3/c19-15-9-13-11-5-1-2-6-12(11)18(22)23-17(13)14(16(15)21)10-20-7-3-4-8-20/h9,21H,1-8,10H2. The summed E-state index contributed by atoms with van der Waals surface area (Å²) in [5.41, 5.74) is 2.77. The zero-order valence-electron chi connectivity index (χ0n) is 13.0. The number of likely N-dealkylation sites (tertiary alicyclic amines) is 1. The summed E-state index contributed by atoms with van der Waals surface area (Å²) in [5, 5.41) is 11.7. The van der Waals surface area contributed by atoms with Crippen molar-refractivity contribution >= 4 is 22.6 Å². The number of phenolic OH excluding ortho intramolecular Hbond substituents is 1. The van der Waals surface area contributed by atoms with Gasteiger partial charge in [0.25, 0.3) is 0 Å². The van der Waals surface area contributed by atoms with Crippen LogP contribution in [-0.2, 0) is 19.4 Å². The van der Waals surface area contributed by atoms with Crippen LogP contribution in [0.3, 0.4) is 0 Å². The molecule has 0 atom stereocenters. The van der Waals surface area contributed by atoms with Crippen molar-refractivity contribution in [3.05, 3.63) is 38.2 Å². The van der Waals surface area contributed by atoms with Gasteiger partial charge in [-0.05, 0) is 63.2 Å². The SMILES string of the molecule is O=c1oc2c(CN3CCCC3)c(O)c(Cl)cc2c2c1CCCC2. The van der Waals surface area contributed by atoms with E-state index >= 15 is 0 Å². The van der Waals surface area contributed by atoms with Crippen LogP contribution in [0.4, 0.5) is 0 Å². The molecule has 0 saturated carbocycles. The molecule has 0 spiro atoms. The summed E-state index contributed by atoms with van der Waals surface area (Å²) < 4.78 is 5.64. The molecule has 122 valence electrons. The van der Waals surface area contributed by atoms with Crippen LogP contribution in [0.25, 0.3) is 11.0 Å². The summed E-state index contributed by atoms with van der Waals surface area (Å²) in [7, 11) is 0. The summed E-state index contributed by atoms with van der Waals surface area (Å²) in [6.07, 6.45) is 6.08. The largest absolute Gasteiger partial charge is 0.506 e. The lowest BCUT2D eigenvalue weighted by molar-refractivity contribution is 0.323. The first-order chi connectivity index (χ1) is 11.1. The Hall–Kier alpha value is -1.52. The molecule has 0 unspecified atom stereocenters. The molecular formula is C18H20ClNO3. The Bertz CT molecular complexity index is 821.